The van der Waals surface area contributed by atoms with E-state index in [0.29, 0.717) is 6.04 Å². The maximum Gasteiger partial charge on any atom is 0.0221 e. The van der Waals surface area contributed by atoms with Crippen molar-refractivity contribution >= 4 is 0 Å². The lowest BCUT2D eigenvalue weighted by Gasteiger charge is -2.40. The van der Waals surface area contributed by atoms with E-state index in [9.17, 15) is 0 Å². The molecule has 2 N–H and O–H groups in total. The van der Waals surface area contributed by atoms with E-state index in [1.165, 1.54) is 71.1 Å². The SMILES string of the molecule is CCCN1CCCC(N2CCCCC2CN)CC1. The minimum atomic E-state index is 0.668. The first-order valence-electron chi connectivity index (χ1n) is 8.03. The maximum absolute atomic E-state index is 5.96. The van der Waals surface area contributed by atoms with Gasteiger partial charge in [-0.2, -0.15) is 0 Å². The van der Waals surface area contributed by atoms with Crippen molar-refractivity contribution < 1.29 is 0 Å². The van der Waals surface area contributed by atoms with E-state index in [1.807, 2.05) is 0 Å². The predicted molar refractivity (Wildman–Crippen MR) is 77.8 cm³/mol. The Morgan fingerprint density at radius 2 is 1.89 bits per heavy atom. The van der Waals surface area contributed by atoms with Crippen molar-refractivity contribution in [2.24, 2.45) is 5.73 Å². The third-order valence-electron chi connectivity index (χ3n) is 4.74. The van der Waals surface area contributed by atoms with Gasteiger partial charge in [-0.05, 0) is 64.7 Å². The summed E-state index contributed by atoms with van der Waals surface area (Å²) in [4.78, 5) is 5.40. The molecule has 106 valence electrons. The fourth-order valence-electron chi connectivity index (χ4n) is 3.77. The van der Waals surface area contributed by atoms with E-state index >= 15 is 0 Å². The summed E-state index contributed by atoms with van der Waals surface area (Å²) >= 11 is 0. The first kappa shape index (κ1) is 14.3. The van der Waals surface area contributed by atoms with Crippen LogP contribution in [0.3, 0.4) is 0 Å². The van der Waals surface area contributed by atoms with Crippen molar-refractivity contribution in [1.82, 2.24) is 9.80 Å². The smallest absolute Gasteiger partial charge is 0.0221 e. The largest absolute Gasteiger partial charge is 0.329 e. The van der Waals surface area contributed by atoms with Gasteiger partial charge < -0.3 is 10.6 Å². The van der Waals surface area contributed by atoms with Crippen LogP contribution < -0.4 is 5.73 Å². The number of rotatable bonds is 4. The molecule has 0 bridgehead atoms. The number of nitrogens with two attached hydrogens (primary N) is 1. The van der Waals surface area contributed by atoms with Gasteiger partial charge in [0.2, 0.25) is 0 Å². The maximum atomic E-state index is 5.96. The Morgan fingerprint density at radius 1 is 1.00 bits per heavy atom. The molecule has 0 amide bonds. The summed E-state index contributed by atoms with van der Waals surface area (Å²) in [6, 6.07) is 1.47. The summed E-state index contributed by atoms with van der Waals surface area (Å²) in [6.07, 6.45) is 9.50. The van der Waals surface area contributed by atoms with Crippen LogP contribution in [0.4, 0.5) is 0 Å². The molecular weight excluding hydrogens is 222 g/mol. The quantitative estimate of drug-likeness (QED) is 0.832. The number of nitrogens with zero attached hydrogens (tertiary/aromatic N) is 2. The second-order valence-electron chi connectivity index (χ2n) is 6.05. The molecule has 2 aliphatic heterocycles. The van der Waals surface area contributed by atoms with Crippen LogP contribution in [0.15, 0.2) is 0 Å². The minimum Gasteiger partial charge on any atom is -0.329 e. The fraction of sp³-hybridized carbons (Fsp3) is 1.00. The van der Waals surface area contributed by atoms with Gasteiger partial charge in [0.1, 0.15) is 0 Å². The zero-order valence-electron chi connectivity index (χ0n) is 12.1. The Labute approximate surface area is 113 Å². The summed E-state index contributed by atoms with van der Waals surface area (Å²) in [5.74, 6) is 0. The monoisotopic (exact) mass is 253 g/mol. The highest BCUT2D eigenvalue weighted by Gasteiger charge is 2.29. The van der Waals surface area contributed by atoms with Crippen molar-refractivity contribution in [1.29, 1.82) is 0 Å². The topological polar surface area (TPSA) is 32.5 Å². The van der Waals surface area contributed by atoms with Crippen LogP contribution in [0, 0.1) is 0 Å². The molecule has 2 fully saturated rings. The van der Waals surface area contributed by atoms with Gasteiger partial charge >= 0.3 is 0 Å². The minimum absolute atomic E-state index is 0.668. The lowest BCUT2D eigenvalue weighted by molar-refractivity contribution is 0.0894. The van der Waals surface area contributed by atoms with Gasteiger partial charge in [0, 0.05) is 18.6 Å². The standard InChI is InChI=1S/C15H31N3/c1-2-9-17-10-5-7-14(8-12-17)18-11-4-3-6-15(18)13-16/h14-15H,2-13,16H2,1H3. The lowest BCUT2D eigenvalue weighted by Crippen LogP contribution is -2.49. The van der Waals surface area contributed by atoms with Crippen molar-refractivity contribution in [2.75, 3.05) is 32.7 Å². The molecule has 0 aromatic rings. The Hall–Kier alpha value is -0.120. The van der Waals surface area contributed by atoms with Crippen molar-refractivity contribution in [3.8, 4) is 0 Å². The van der Waals surface area contributed by atoms with Crippen LogP contribution in [0.25, 0.3) is 0 Å². The van der Waals surface area contributed by atoms with E-state index in [-0.39, 0.29) is 0 Å². The summed E-state index contributed by atoms with van der Waals surface area (Å²) in [5.41, 5.74) is 5.96. The van der Waals surface area contributed by atoms with Gasteiger partial charge in [0.05, 0.1) is 0 Å². The Balaban J connectivity index is 1.87. The molecule has 0 saturated carbocycles. The van der Waals surface area contributed by atoms with Gasteiger partial charge in [-0.1, -0.05) is 13.3 Å². The molecule has 2 atom stereocenters. The normalized spacial score (nSPS) is 32.3. The highest BCUT2D eigenvalue weighted by Crippen LogP contribution is 2.25. The van der Waals surface area contributed by atoms with Crippen LogP contribution in [0.5, 0.6) is 0 Å². The molecule has 2 saturated heterocycles. The highest BCUT2D eigenvalue weighted by atomic mass is 15.2. The van der Waals surface area contributed by atoms with Gasteiger partial charge in [0.15, 0.2) is 0 Å². The molecule has 0 aliphatic carbocycles. The second kappa shape index (κ2) is 7.46. The summed E-state index contributed by atoms with van der Waals surface area (Å²) in [5, 5.41) is 0. The van der Waals surface area contributed by atoms with Crippen LogP contribution in [0.2, 0.25) is 0 Å². The van der Waals surface area contributed by atoms with E-state index in [4.69, 9.17) is 5.73 Å². The van der Waals surface area contributed by atoms with Crippen molar-refractivity contribution in [3.63, 3.8) is 0 Å². The zero-order valence-corrected chi connectivity index (χ0v) is 12.1. The fourth-order valence-corrected chi connectivity index (χ4v) is 3.77. The number of piperidine rings is 1. The van der Waals surface area contributed by atoms with Crippen molar-refractivity contribution in [3.05, 3.63) is 0 Å². The van der Waals surface area contributed by atoms with Gasteiger partial charge in [-0.25, -0.2) is 0 Å². The van der Waals surface area contributed by atoms with Gasteiger partial charge in [-0.3, -0.25) is 4.90 Å². The molecule has 3 nitrogen and oxygen atoms in total. The first-order valence-corrected chi connectivity index (χ1v) is 8.03. The molecule has 0 spiro atoms. The molecule has 2 heterocycles. The van der Waals surface area contributed by atoms with Crippen LogP contribution in [0.1, 0.15) is 51.9 Å². The van der Waals surface area contributed by atoms with Crippen LogP contribution >= 0.6 is 0 Å². The molecule has 3 heteroatoms. The Morgan fingerprint density at radius 3 is 2.67 bits per heavy atom. The van der Waals surface area contributed by atoms with E-state index in [2.05, 4.69) is 16.7 Å². The average Bonchev–Trinajstić information content (AvgIpc) is 2.65. The molecule has 2 rings (SSSR count). The average molecular weight is 253 g/mol. The summed E-state index contributed by atoms with van der Waals surface area (Å²) in [7, 11) is 0. The molecule has 0 radical (unpaired) electrons. The zero-order chi connectivity index (χ0) is 12.8. The van der Waals surface area contributed by atoms with E-state index in [1.54, 1.807) is 0 Å². The molecular formula is C15H31N3. The number of hydrogen-bond acceptors (Lipinski definition) is 3. The third kappa shape index (κ3) is 3.69. The van der Waals surface area contributed by atoms with Crippen LogP contribution in [-0.2, 0) is 0 Å². The highest BCUT2D eigenvalue weighted by molar-refractivity contribution is 4.85. The van der Waals surface area contributed by atoms with E-state index in [0.717, 1.165) is 12.6 Å². The molecule has 2 aliphatic rings. The predicted octanol–water partition coefficient (Wildman–Crippen LogP) is 2.06. The molecule has 2 unspecified atom stereocenters. The first-order chi connectivity index (χ1) is 8.85. The van der Waals surface area contributed by atoms with Gasteiger partial charge in [-0.15, -0.1) is 0 Å². The molecule has 0 aromatic carbocycles. The van der Waals surface area contributed by atoms with Crippen molar-refractivity contribution in [2.45, 2.75) is 64.0 Å². The number of hydrogen-bond donors (Lipinski definition) is 1. The summed E-state index contributed by atoms with van der Waals surface area (Å²) in [6.45, 7) is 8.33. The number of likely N-dealkylation sites (tertiary alicyclic amines) is 2. The Kier molecular flexibility index (Phi) is 5.93. The molecule has 0 aromatic heterocycles. The van der Waals surface area contributed by atoms with Gasteiger partial charge in [0.25, 0.3) is 0 Å². The summed E-state index contributed by atoms with van der Waals surface area (Å²) < 4.78 is 0. The Bertz CT molecular complexity index is 232. The molecule has 18 heavy (non-hydrogen) atoms. The van der Waals surface area contributed by atoms with E-state index < -0.39 is 0 Å². The lowest BCUT2D eigenvalue weighted by atomic mass is 9.97. The third-order valence-corrected chi connectivity index (χ3v) is 4.74. The second-order valence-corrected chi connectivity index (χ2v) is 6.05. The van der Waals surface area contributed by atoms with Crippen LogP contribution in [-0.4, -0.2) is 54.6 Å².